The normalized spacial score (nSPS) is 12.1. The molecule has 1 aromatic carbocycles. The van der Waals surface area contributed by atoms with Crippen LogP contribution >= 0.6 is 11.3 Å². The first-order valence-corrected chi connectivity index (χ1v) is 11.2. The molecule has 0 unspecified atom stereocenters. The Morgan fingerprint density at radius 1 is 1.12 bits per heavy atom. The van der Waals surface area contributed by atoms with Gasteiger partial charge in [-0.25, -0.2) is 14.8 Å². The van der Waals surface area contributed by atoms with Gasteiger partial charge in [0, 0.05) is 34.9 Å². The molecule has 5 rings (SSSR count). The molecule has 0 radical (unpaired) electrons. The summed E-state index contributed by atoms with van der Waals surface area (Å²) in [6.07, 6.45) is 4.00. The lowest BCUT2D eigenvalue weighted by molar-refractivity contribution is 0.0514. The van der Waals surface area contributed by atoms with Gasteiger partial charge < -0.3 is 18.8 Å². The van der Waals surface area contributed by atoms with Crippen molar-refractivity contribution in [2.45, 2.75) is 19.9 Å². The number of ether oxygens (including phenoxy) is 3. The van der Waals surface area contributed by atoms with E-state index in [0.717, 1.165) is 33.7 Å². The van der Waals surface area contributed by atoms with Crippen molar-refractivity contribution in [1.82, 2.24) is 14.5 Å². The van der Waals surface area contributed by atoms with Crippen LogP contribution in [0.2, 0.25) is 0 Å². The predicted octanol–water partition coefficient (Wildman–Crippen LogP) is 5.21. The maximum Gasteiger partial charge on any atom is 0.354 e. The number of nitrogens with zero attached hydrogens (tertiary/aromatic N) is 3. The van der Waals surface area contributed by atoms with Crippen LogP contribution in [0.15, 0.2) is 54.2 Å². The maximum absolute atomic E-state index is 12.7. The molecule has 0 saturated carbocycles. The fourth-order valence-electron chi connectivity index (χ4n) is 4.00. The van der Waals surface area contributed by atoms with Gasteiger partial charge in [-0.15, -0.1) is 11.3 Å². The van der Waals surface area contributed by atoms with Gasteiger partial charge in [0.1, 0.15) is 5.69 Å². The third-order valence-corrected chi connectivity index (χ3v) is 6.26. The predicted molar refractivity (Wildman–Crippen MR) is 121 cm³/mol. The number of carbonyl (C=O) groups is 1. The van der Waals surface area contributed by atoms with E-state index < -0.39 is 0 Å². The van der Waals surface area contributed by atoms with Crippen LogP contribution in [0.4, 0.5) is 0 Å². The van der Waals surface area contributed by atoms with Crippen molar-refractivity contribution in [1.29, 1.82) is 0 Å². The number of aryl methyl sites for hydroxylation is 1. The minimum Gasteiger partial charge on any atom is -0.493 e. The quantitative estimate of drug-likeness (QED) is 0.378. The number of esters is 1. The van der Waals surface area contributed by atoms with Crippen molar-refractivity contribution in [2.24, 2.45) is 0 Å². The number of rotatable bonds is 6. The summed E-state index contributed by atoms with van der Waals surface area (Å²) < 4.78 is 18.9. The third-order valence-electron chi connectivity index (χ3n) is 5.36. The highest BCUT2D eigenvalue weighted by molar-refractivity contribution is 7.13. The summed E-state index contributed by atoms with van der Waals surface area (Å²) in [5.41, 5.74) is 4.64. The molecule has 3 aromatic heterocycles. The average molecular weight is 448 g/mol. The van der Waals surface area contributed by atoms with E-state index in [9.17, 15) is 4.79 Å². The van der Waals surface area contributed by atoms with Crippen molar-refractivity contribution >= 4 is 17.3 Å². The molecule has 0 aliphatic carbocycles. The van der Waals surface area contributed by atoms with E-state index in [-0.39, 0.29) is 12.0 Å². The number of aromatic nitrogens is 3. The Morgan fingerprint density at radius 2 is 1.97 bits per heavy atom. The Bertz CT molecular complexity index is 1270. The van der Waals surface area contributed by atoms with Crippen LogP contribution in [0.5, 0.6) is 17.5 Å². The topological polar surface area (TPSA) is 75.5 Å². The first-order valence-electron chi connectivity index (χ1n) is 10.3. The molecule has 8 heteroatoms. The van der Waals surface area contributed by atoms with Gasteiger partial charge in [0.25, 0.3) is 0 Å². The van der Waals surface area contributed by atoms with Crippen LogP contribution in [0, 0.1) is 0 Å². The molecule has 0 N–H and O–H groups in total. The maximum atomic E-state index is 12.7. The van der Waals surface area contributed by atoms with E-state index >= 15 is 0 Å². The summed E-state index contributed by atoms with van der Waals surface area (Å²) in [7, 11) is 1.61. The molecule has 0 bridgehead atoms. The molecule has 4 heterocycles. The second-order valence-corrected chi connectivity index (χ2v) is 8.13. The zero-order valence-electron chi connectivity index (χ0n) is 17.7. The average Bonchev–Trinajstić information content (AvgIpc) is 3.47. The number of benzene rings is 1. The highest BCUT2D eigenvalue weighted by Crippen LogP contribution is 2.45. The van der Waals surface area contributed by atoms with Gasteiger partial charge in [0.15, 0.2) is 11.5 Å². The summed E-state index contributed by atoms with van der Waals surface area (Å²) in [5.74, 6) is 0.809. The molecule has 0 fully saturated rings. The Hall–Kier alpha value is -3.65. The minimum absolute atomic E-state index is 0.239. The van der Waals surface area contributed by atoms with Crippen LogP contribution in [0.3, 0.4) is 0 Å². The fourth-order valence-corrected chi connectivity index (χ4v) is 4.75. The number of carbonyl (C=O) groups excluding carboxylic acids is 1. The van der Waals surface area contributed by atoms with Gasteiger partial charge in [-0.1, -0.05) is 6.07 Å². The molecule has 0 amide bonds. The fraction of sp³-hybridized carbons (Fsp3) is 0.208. The van der Waals surface area contributed by atoms with Gasteiger partial charge in [-0.05, 0) is 54.6 Å². The highest BCUT2D eigenvalue weighted by atomic mass is 32.1. The molecule has 1 aliphatic rings. The van der Waals surface area contributed by atoms with Gasteiger partial charge >= 0.3 is 12.0 Å². The molecule has 162 valence electrons. The van der Waals surface area contributed by atoms with Crippen LogP contribution in [-0.2, 0) is 17.7 Å². The zero-order valence-corrected chi connectivity index (χ0v) is 18.5. The van der Waals surface area contributed by atoms with Crippen LogP contribution < -0.4 is 9.47 Å². The lowest BCUT2D eigenvalue weighted by Crippen LogP contribution is -2.17. The number of methoxy groups -OCH3 is 1. The Kier molecular flexibility index (Phi) is 5.36. The van der Waals surface area contributed by atoms with E-state index in [2.05, 4.69) is 16.0 Å². The molecule has 7 nitrogen and oxygen atoms in total. The summed E-state index contributed by atoms with van der Waals surface area (Å²) in [4.78, 5) is 22.1. The van der Waals surface area contributed by atoms with Gasteiger partial charge in [-0.2, -0.15) is 0 Å². The monoisotopic (exact) mass is 447 g/mol. The smallest absolute Gasteiger partial charge is 0.354 e. The number of hydrogen-bond donors (Lipinski definition) is 0. The molecule has 0 spiro atoms. The van der Waals surface area contributed by atoms with E-state index in [4.69, 9.17) is 14.2 Å². The lowest BCUT2D eigenvalue weighted by Gasteiger charge is -2.23. The largest absolute Gasteiger partial charge is 0.493 e. The number of fused-ring (bicyclic) bond motifs is 3. The third kappa shape index (κ3) is 3.52. The van der Waals surface area contributed by atoms with Crippen molar-refractivity contribution in [3.63, 3.8) is 0 Å². The highest BCUT2D eigenvalue weighted by Gasteiger charge is 2.29. The SMILES string of the molecule is CCOC(=O)c1cc(-c2cccs2)c2n1CCc1cc(OC)c(Oc3ncccn3)cc1-2. The first-order chi connectivity index (χ1) is 15.7. The summed E-state index contributed by atoms with van der Waals surface area (Å²) in [6.45, 7) is 2.82. The first kappa shape index (κ1) is 20.3. The Labute approximate surface area is 189 Å². The van der Waals surface area contributed by atoms with Crippen LogP contribution in [-0.4, -0.2) is 34.2 Å². The van der Waals surface area contributed by atoms with Crippen molar-refractivity contribution < 1.29 is 19.0 Å². The zero-order chi connectivity index (χ0) is 22.1. The molecule has 0 atom stereocenters. The van der Waals surface area contributed by atoms with Crippen LogP contribution in [0.1, 0.15) is 23.0 Å². The van der Waals surface area contributed by atoms with Gasteiger partial charge in [0.05, 0.1) is 19.4 Å². The van der Waals surface area contributed by atoms with Gasteiger partial charge in [0.2, 0.25) is 0 Å². The Morgan fingerprint density at radius 3 is 2.69 bits per heavy atom. The molecule has 32 heavy (non-hydrogen) atoms. The van der Waals surface area contributed by atoms with Crippen LogP contribution in [0.25, 0.3) is 21.7 Å². The number of hydrogen-bond acceptors (Lipinski definition) is 7. The Balaban J connectivity index is 1.69. The second-order valence-electron chi connectivity index (χ2n) is 7.18. The van der Waals surface area contributed by atoms with Gasteiger partial charge in [-0.3, -0.25) is 0 Å². The van der Waals surface area contributed by atoms with E-state index in [1.807, 2.05) is 41.1 Å². The van der Waals surface area contributed by atoms with E-state index in [1.54, 1.807) is 36.9 Å². The lowest BCUT2D eigenvalue weighted by atomic mass is 9.95. The number of thiophene rings is 1. The molecular weight excluding hydrogens is 426 g/mol. The minimum atomic E-state index is -0.317. The van der Waals surface area contributed by atoms with E-state index in [0.29, 0.717) is 30.3 Å². The summed E-state index contributed by atoms with van der Waals surface area (Å²) >= 11 is 1.63. The molecule has 4 aromatic rings. The van der Waals surface area contributed by atoms with E-state index in [1.165, 1.54) is 0 Å². The molecule has 0 saturated heterocycles. The van der Waals surface area contributed by atoms with Crippen molar-refractivity contribution in [3.8, 4) is 39.2 Å². The molecule has 1 aliphatic heterocycles. The summed E-state index contributed by atoms with van der Waals surface area (Å²) in [5, 5.41) is 2.03. The van der Waals surface area contributed by atoms with Crippen molar-refractivity contribution in [2.75, 3.05) is 13.7 Å². The molecular formula is C24H21N3O4S. The summed E-state index contributed by atoms with van der Waals surface area (Å²) in [6, 6.07) is 11.9. The second kappa shape index (κ2) is 8.47. The standard InChI is InChI=1S/C24H21N3O4S/c1-3-30-23(28)18-13-17(21-6-4-11-32-21)22-16-14-20(31-24-25-8-5-9-26-24)19(29-2)12-15(16)7-10-27(18)22/h4-6,8-9,11-14H,3,7,10H2,1-2H3. The van der Waals surface area contributed by atoms with Crippen molar-refractivity contribution in [3.05, 3.63) is 65.4 Å².